The molecule has 7 nitrogen and oxygen atoms in total. The largest absolute Gasteiger partial charge is 0.375 e. The van der Waals surface area contributed by atoms with Gasteiger partial charge in [0.25, 0.3) is 5.91 Å². The molecule has 1 aliphatic carbocycles. The zero-order valence-electron chi connectivity index (χ0n) is 15.0. The maximum atomic E-state index is 12.4. The quantitative estimate of drug-likeness (QED) is 0.810. The minimum Gasteiger partial charge on any atom is -0.375 e. The van der Waals surface area contributed by atoms with Crippen LogP contribution in [-0.2, 0) is 9.53 Å². The van der Waals surface area contributed by atoms with Gasteiger partial charge in [-0.2, -0.15) is 5.10 Å². The van der Waals surface area contributed by atoms with Gasteiger partial charge in [-0.25, -0.2) is 0 Å². The summed E-state index contributed by atoms with van der Waals surface area (Å²) in [4.78, 5) is 27.2. The van der Waals surface area contributed by atoms with Crippen LogP contribution < -0.4 is 5.32 Å². The fourth-order valence-electron chi connectivity index (χ4n) is 3.29. The zero-order chi connectivity index (χ0) is 18.5. The highest BCUT2D eigenvalue weighted by molar-refractivity contribution is 7.13. The lowest BCUT2D eigenvalue weighted by molar-refractivity contribution is -0.136. The van der Waals surface area contributed by atoms with Crippen LogP contribution in [0.5, 0.6) is 0 Å². The molecule has 2 heterocycles. The maximum absolute atomic E-state index is 12.4. The van der Waals surface area contributed by atoms with Gasteiger partial charge in [-0.05, 0) is 43.2 Å². The second-order valence-corrected chi connectivity index (χ2v) is 7.51. The second-order valence-electron chi connectivity index (χ2n) is 6.56. The molecule has 2 aromatic rings. The molecule has 2 aromatic heterocycles. The smallest absolute Gasteiger partial charge is 0.272 e. The third-order valence-electron chi connectivity index (χ3n) is 4.84. The molecule has 1 fully saturated rings. The number of nitrogens with one attached hydrogen (secondary N) is 2. The molecule has 8 heteroatoms. The van der Waals surface area contributed by atoms with Crippen LogP contribution in [0.2, 0.25) is 0 Å². The van der Waals surface area contributed by atoms with E-state index in [0.29, 0.717) is 5.69 Å². The molecule has 26 heavy (non-hydrogen) atoms. The van der Waals surface area contributed by atoms with E-state index in [1.807, 2.05) is 24.6 Å². The molecule has 1 aliphatic rings. The van der Waals surface area contributed by atoms with Crippen molar-refractivity contribution in [1.29, 1.82) is 0 Å². The Morgan fingerprint density at radius 1 is 1.38 bits per heavy atom. The van der Waals surface area contributed by atoms with Crippen molar-refractivity contribution >= 4 is 23.2 Å². The van der Waals surface area contributed by atoms with E-state index in [9.17, 15) is 9.59 Å². The Labute approximate surface area is 156 Å². The number of hydrogen-bond donors (Lipinski definition) is 2. The molecule has 0 unspecified atom stereocenters. The average Bonchev–Trinajstić information content (AvgIpc) is 3.33. The third kappa shape index (κ3) is 4.31. The van der Waals surface area contributed by atoms with Gasteiger partial charge >= 0.3 is 0 Å². The van der Waals surface area contributed by atoms with Gasteiger partial charge in [0.15, 0.2) is 5.69 Å². The van der Waals surface area contributed by atoms with E-state index in [4.69, 9.17) is 4.74 Å². The lowest BCUT2D eigenvalue weighted by Gasteiger charge is -2.34. The minimum absolute atomic E-state index is 0.00221. The number of H-pyrrole nitrogens is 1. The van der Waals surface area contributed by atoms with Crippen LogP contribution in [-0.4, -0.2) is 59.8 Å². The third-order valence-corrected chi connectivity index (χ3v) is 5.74. The van der Waals surface area contributed by atoms with Crippen LogP contribution in [0.4, 0.5) is 0 Å². The Morgan fingerprint density at radius 3 is 2.81 bits per heavy atom. The van der Waals surface area contributed by atoms with Crippen molar-refractivity contribution in [2.45, 2.75) is 37.8 Å². The molecule has 0 radical (unpaired) electrons. The van der Waals surface area contributed by atoms with Crippen LogP contribution in [0, 0.1) is 0 Å². The van der Waals surface area contributed by atoms with Crippen LogP contribution >= 0.6 is 11.3 Å². The highest BCUT2D eigenvalue weighted by Gasteiger charge is 2.27. The first kappa shape index (κ1) is 18.6. The summed E-state index contributed by atoms with van der Waals surface area (Å²) in [6, 6.07) is 6.06. The fourth-order valence-corrected chi connectivity index (χ4v) is 3.98. The Hall–Kier alpha value is -2.19. The lowest BCUT2D eigenvalue weighted by atomic mass is 9.90. The summed E-state index contributed by atoms with van der Waals surface area (Å²) in [5.41, 5.74) is 1.26. The van der Waals surface area contributed by atoms with Gasteiger partial charge in [0.05, 0.1) is 10.6 Å². The molecule has 0 atom stereocenters. The van der Waals surface area contributed by atoms with Gasteiger partial charge in [-0.15, -0.1) is 11.3 Å². The van der Waals surface area contributed by atoms with Gasteiger partial charge < -0.3 is 15.0 Å². The molecule has 0 spiro atoms. The Morgan fingerprint density at radius 2 is 2.15 bits per heavy atom. The van der Waals surface area contributed by atoms with E-state index in [1.165, 1.54) is 7.11 Å². The molecule has 0 aliphatic heterocycles. The Bertz CT molecular complexity index is 735. The van der Waals surface area contributed by atoms with Gasteiger partial charge in [0.2, 0.25) is 5.91 Å². The van der Waals surface area contributed by atoms with Crippen LogP contribution in [0.15, 0.2) is 23.6 Å². The standard InChI is InChI=1S/C18H24N4O3S/c1-22(17(23)11-25-2)13-7-5-12(6-8-13)19-18(24)15-10-14(20-21-15)16-4-3-9-26-16/h3-4,9-10,12-13H,5-8,11H2,1-2H3,(H,19,24)(H,20,21). The highest BCUT2D eigenvalue weighted by atomic mass is 32.1. The number of ether oxygens (including phenoxy) is 1. The molecule has 0 saturated heterocycles. The van der Waals surface area contributed by atoms with Crippen molar-refractivity contribution in [2.24, 2.45) is 0 Å². The van der Waals surface area contributed by atoms with Gasteiger partial charge in [-0.3, -0.25) is 14.7 Å². The Balaban J connectivity index is 1.50. The van der Waals surface area contributed by atoms with E-state index in [2.05, 4.69) is 15.5 Å². The molecular formula is C18H24N4O3S. The maximum Gasteiger partial charge on any atom is 0.272 e. The lowest BCUT2D eigenvalue weighted by Crippen LogP contribution is -2.45. The van der Waals surface area contributed by atoms with Crippen molar-refractivity contribution in [3.05, 3.63) is 29.3 Å². The topological polar surface area (TPSA) is 87.3 Å². The SMILES string of the molecule is COCC(=O)N(C)C1CCC(NC(=O)c2cc(-c3cccs3)[nH]n2)CC1. The van der Waals surface area contributed by atoms with Crippen molar-refractivity contribution < 1.29 is 14.3 Å². The predicted molar refractivity (Wildman–Crippen MR) is 100 cm³/mol. The summed E-state index contributed by atoms with van der Waals surface area (Å²) < 4.78 is 4.91. The molecule has 3 rings (SSSR count). The first-order chi connectivity index (χ1) is 12.6. The number of rotatable bonds is 6. The monoisotopic (exact) mass is 376 g/mol. The predicted octanol–water partition coefficient (Wildman–Crippen LogP) is 2.28. The highest BCUT2D eigenvalue weighted by Crippen LogP contribution is 2.24. The summed E-state index contributed by atoms with van der Waals surface area (Å²) in [6.07, 6.45) is 3.45. The first-order valence-corrected chi connectivity index (χ1v) is 9.61. The number of thiophene rings is 1. The van der Waals surface area contributed by atoms with E-state index < -0.39 is 0 Å². The summed E-state index contributed by atoms with van der Waals surface area (Å²) in [6.45, 7) is 0.110. The number of likely N-dealkylation sites (N-methyl/N-ethyl adjacent to an activating group) is 1. The van der Waals surface area contributed by atoms with Crippen LogP contribution in [0.25, 0.3) is 10.6 Å². The molecular weight excluding hydrogens is 352 g/mol. The van der Waals surface area contributed by atoms with E-state index in [1.54, 1.807) is 22.3 Å². The van der Waals surface area contributed by atoms with Crippen molar-refractivity contribution in [1.82, 2.24) is 20.4 Å². The van der Waals surface area contributed by atoms with Crippen molar-refractivity contribution in [2.75, 3.05) is 20.8 Å². The van der Waals surface area contributed by atoms with Crippen molar-refractivity contribution in [3.63, 3.8) is 0 Å². The number of aromatic nitrogens is 2. The van der Waals surface area contributed by atoms with Gasteiger partial charge in [0.1, 0.15) is 6.61 Å². The normalized spacial score (nSPS) is 19.9. The number of amides is 2. The molecule has 140 valence electrons. The van der Waals surface area contributed by atoms with Crippen molar-refractivity contribution in [3.8, 4) is 10.6 Å². The zero-order valence-corrected chi connectivity index (χ0v) is 15.8. The van der Waals surface area contributed by atoms with Gasteiger partial charge in [-0.1, -0.05) is 6.07 Å². The summed E-state index contributed by atoms with van der Waals surface area (Å²) >= 11 is 1.60. The summed E-state index contributed by atoms with van der Waals surface area (Å²) in [5.74, 6) is -0.158. The van der Waals surface area contributed by atoms with Gasteiger partial charge in [0, 0.05) is 26.2 Å². The number of carbonyl (C=O) groups excluding carboxylic acids is 2. The molecule has 0 aromatic carbocycles. The first-order valence-electron chi connectivity index (χ1n) is 8.73. The van der Waals surface area contributed by atoms with Crippen LogP contribution in [0.1, 0.15) is 36.2 Å². The fraction of sp³-hybridized carbons (Fsp3) is 0.500. The van der Waals surface area contributed by atoms with Crippen LogP contribution in [0.3, 0.4) is 0 Å². The van der Waals surface area contributed by atoms with E-state index >= 15 is 0 Å². The molecule has 0 bridgehead atoms. The average molecular weight is 376 g/mol. The summed E-state index contributed by atoms with van der Waals surface area (Å²) in [7, 11) is 3.35. The second kappa shape index (κ2) is 8.46. The summed E-state index contributed by atoms with van der Waals surface area (Å²) in [5, 5.41) is 12.1. The number of nitrogens with zero attached hydrogens (tertiary/aromatic N) is 2. The minimum atomic E-state index is -0.156. The van der Waals surface area contributed by atoms with E-state index in [-0.39, 0.29) is 30.5 Å². The molecule has 2 N–H and O–H groups in total. The Kier molecular flexibility index (Phi) is 6.05. The molecule has 2 amide bonds. The number of hydrogen-bond acceptors (Lipinski definition) is 5. The number of methoxy groups -OCH3 is 1. The number of carbonyl (C=O) groups is 2. The number of aromatic amines is 1. The molecule has 1 saturated carbocycles. The van der Waals surface area contributed by atoms with E-state index in [0.717, 1.165) is 36.3 Å².